The number of ether oxygens (including phenoxy) is 1. The molecule has 0 amide bonds. The first-order valence-electron chi connectivity index (χ1n) is 7.10. The number of benzene rings is 1. The molecule has 1 fully saturated rings. The van der Waals surface area contributed by atoms with Gasteiger partial charge >= 0.3 is 6.18 Å². The van der Waals surface area contributed by atoms with E-state index in [0.29, 0.717) is 25.3 Å². The Morgan fingerprint density at radius 1 is 1.39 bits per heavy atom. The molecule has 0 saturated carbocycles. The monoisotopic (exact) mass is 352 g/mol. The summed E-state index contributed by atoms with van der Waals surface area (Å²) in [6.45, 7) is 2.66. The second-order valence-corrected chi connectivity index (χ2v) is 7.44. The lowest BCUT2D eigenvalue weighted by atomic mass is 10.1. The van der Waals surface area contributed by atoms with Crippen molar-refractivity contribution in [2.24, 2.45) is 0 Å². The van der Waals surface area contributed by atoms with Crippen LogP contribution in [0.15, 0.2) is 23.1 Å². The molecule has 1 heterocycles. The van der Waals surface area contributed by atoms with Gasteiger partial charge in [0.15, 0.2) is 9.84 Å². The molecule has 1 aromatic carbocycles. The summed E-state index contributed by atoms with van der Waals surface area (Å²) < 4.78 is 67.7. The second kappa shape index (κ2) is 7.16. The fourth-order valence-corrected chi connectivity index (χ4v) is 3.22. The Morgan fingerprint density at radius 3 is 2.78 bits per heavy atom. The highest BCUT2D eigenvalue weighted by molar-refractivity contribution is 7.90. The van der Waals surface area contributed by atoms with Crippen molar-refractivity contribution in [2.75, 3.05) is 32.6 Å². The van der Waals surface area contributed by atoms with Gasteiger partial charge in [-0.05, 0) is 17.7 Å². The number of hydrogen-bond acceptors (Lipinski definition) is 5. The number of nitrogens with one attached hydrogen (secondary N) is 2. The standard InChI is InChI=1S/C14H19F3N2O3S/c1-23(20,21)13-3-2-10(6-12(13)14(15,16)17)7-19-11-8-18-4-5-22-9-11/h2-3,6,11,18-19H,4-5,7-9H2,1H3. The summed E-state index contributed by atoms with van der Waals surface area (Å²) in [5.74, 6) is 0. The van der Waals surface area contributed by atoms with E-state index in [-0.39, 0.29) is 12.6 Å². The summed E-state index contributed by atoms with van der Waals surface area (Å²) in [6.07, 6.45) is -3.95. The van der Waals surface area contributed by atoms with Crippen LogP contribution in [-0.4, -0.2) is 47.0 Å². The maximum absolute atomic E-state index is 13.1. The molecule has 1 aliphatic rings. The highest BCUT2D eigenvalue weighted by Crippen LogP contribution is 2.34. The van der Waals surface area contributed by atoms with Crippen molar-refractivity contribution >= 4 is 9.84 Å². The molecule has 1 atom stereocenters. The Bertz CT molecular complexity index is 639. The fourth-order valence-electron chi connectivity index (χ4n) is 2.33. The van der Waals surface area contributed by atoms with Gasteiger partial charge in [-0.2, -0.15) is 13.2 Å². The van der Waals surface area contributed by atoms with Crippen molar-refractivity contribution in [1.82, 2.24) is 10.6 Å². The lowest BCUT2D eigenvalue weighted by Crippen LogP contribution is -2.39. The Kier molecular flexibility index (Phi) is 5.66. The van der Waals surface area contributed by atoms with E-state index in [0.717, 1.165) is 24.9 Å². The van der Waals surface area contributed by atoms with E-state index >= 15 is 0 Å². The molecule has 0 aromatic heterocycles. The van der Waals surface area contributed by atoms with E-state index in [1.165, 1.54) is 6.07 Å². The zero-order chi connectivity index (χ0) is 17.1. The first-order chi connectivity index (χ1) is 10.7. The maximum Gasteiger partial charge on any atom is 0.417 e. The zero-order valence-electron chi connectivity index (χ0n) is 12.6. The van der Waals surface area contributed by atoms with E-state index in [1.54, 1.807) is 0 Å². The van der Waals surface area contributed by atoms with Gasteiger partial charge in [0, 0.05) is 31.9 Å². The van der Waals surface area contributed by atoms with Gasteiger partial charge in [0.1, 0.15) is 0 Å². The number of alkyl halides is 3. The molecule has 0 radical (unpaired) electrons. The summed E-state index contributed by atoms with van der Waals surface area (Å²) in [5.41, 5.74) is -0.761. The van der Waals surface area contributed by atoms with Crippen molar-refractivity contribution in [1.29, 1.82) is 0 Å². The van der Waals surface area contributed by atoms with Crippen LogP contribution in [0.25, 0.3) is 0 Å². The Hall–Kier alpha value is -1.16. The summed E-state index contributed by atoms with van der Waals surface area (Å²) in [5, 5.41) is 6.26. The van der Waals surface area contributed by atoms with E-state index in [1.807, 2.05) is 0 Å². The quantitative estimate of drug-likeness (QED) is 0.852. The molecule has 2 N–H and O–H groups in total. The molecular formula is C14H19F3N2O3S. The average Bonchev–Trinajstić information content (AvgIpc) is 2.71. The van der Waals surface area contributed by atoms with Gasteiger partial charge in [-0.15, -0.1) is 0 Å². The number of halogens is 3. The van der Waals surface area contributed by atoms with Crippen molar-refractivity contribution < 1.29 is 26.3 Å². The molecule has 130 valence electrons. The topological polar surface area (TPSA) is 67.4 Å². The molecule has 23 heavy (non-hydrogen) atoms. The Labute approximate surface area is 133 Å². The molecule has 0 spiro atoms. The van der Waals surface area contributed by atoms with Crippen molar-refractivity contribution in [3.05, 3.63) is 29.3 Å². The molecule has 1 aliphatic heterocycles. The third-order valence-corrected chi connectivity index (χ3v) is 4.63. The summed E-state index contributed by atoms with van der Waals surface area (Å²) in [7, 11) is -3.94. The smallest absolute Gasteiger partial charge is 0.378 e. The zero-order valence-corrected chi connectivity index (χ0v) is 13.4. The molecule has 0 bridgehead atoms. The third-order valence-electron chi connectivity index (χ3n) is 3.48. The van der Waals surface area contributed by atoms with E-state index in [4.69, 9.17) is 4.74 Å². The van der Waals surface area contributed by atoms with Gasteiger partial charge in [0.2, 0.25) is 0 Å². The van der Waals surface area contributed by atoms with Crippen LogP contribution in [0.3, 0.4) is 0 Å². The molecule has 5 nitrogen and oxygen atoms in total. The molecule has 0 aliphatic carbocycles. The van der Waals surface area contributed by atoms with Gasteiger partial charge in [-0.25, -0.2) is 8.42 Å². The van der Waals surface area contributed by atoms with Crippen molar-refractivity contribution in [2.45, 2.75) is 23.7 Å². The minimum Gasteiger partial charge on any atom is -0.378 e. The summed E-state index contributed by atoms with van der Waals surface area (Å²) >= 11 is 0. The van der Waals surface area contributed by atoms with Crippen LogP contribution in [0.2, 0.25) is 0 Å². The summed E-state index contributed by atoms with van der Waals surface area (Å²) in [4.78, 5) is -0.701. The number of rotatable bonds is 4. The SMILES string of the molecule is CS(=O)(=O)c1ccc(CNC2CNCCOC2)cc1C(F)(F)F. The molecular weight excluding hydrogens is 333 g/mol. The maximum atomic E-state index is 13.1. The van der Waals surface area contributed by atoms with E-state index in [9.17, 15) is 21.6 Å². The molecule has 2 rings (SSSR count). The predicted molar refractivity (Wildman–Crippen MR) is 78.9 cm³/mol. The third kappa shape index (κ3) is 5.17. The molecule has 1 unspecified atom stereocenters. The molecule has 1 saturated heterocycles. The minimum absolute atomic E-state index is 0.0126. The number of hydrogen-bond donors (Lipinski definition) is 2. The number of sulfone groups is 1. The largest absolute Gasteiger partial charge is 0.417 e. The predicted octanol–water partition coefficient (Wildman–Crippen LogP) is 1.19. The van der Waals surface area contributed by atoms with Gasteiger partial charge < -0.3 is 15.4 Å². The van der Waals surface area contributed by atoms with Crippen LogP contribution in [0, 0.1) is 0 Å². The highest BCUT2D eigenvalue weighted by atomic mass is 32.2. The van der Waals surface area contributed by atoms with Crippen LogP contribution in [-0.2, 0) is 27.3 Å². The van der Waals surface area contributed by atoms with Gasteiger partial charge in [0.25, 0.3) is 0 Å². The van der Waals surface area contributed by atoms with Gasteiger partial charge in [-0.3, -0.25) is 0 Å². The van der Waals surface area contributed by atoms with Crippen molar-refractivity contribution in [3.63, 3.8) is 0 Å². The average molecular weight is 352 g/mol. The van der Waals surface area contributed by atoms with Crippen LogP contribution >= 0.6 is 0 Å². The van der Waals surface area contributed by atoms with Crippen LogP contribution in [0.4, 0.5) is 13.2 Å². The van der Waals surface area contributed by atoms with Gasteiger partial charge in [0.05, 0.1) is 23.7 Å². The Balaban J connectivity index is 2.17. The van der Waals surface area contributed by atoms with Crippen molar-refractivity contribution in [3.8, 4) is 0 Å². The first-order valence-corrected chi connectivity index (χ1v) is 8.99. The molecule has 1 aromatic rings. The van der Waals surface area contributed by atoms with E-state index in [2.05, 4.69) is 10.6 Å². The minimum atomic E-state index is -4.72. The fraction of sp³-hybridized carbons (Fsp3) is 0.571. The lowest BCUT2D eigenvalue weighted by molar-refractivity contribution is -0.139. The van der Waals surface area contributed by atoms with Gasteiger partial charge in [-0.1, -0.05) is 6.07 Å². The normalized spacial score (nSPS) is 20.3. The van der Waals surface area contributed by atoms with Crippen LogP contribution < -0.4 is 10.6 Å². The van der Waals surface area contributed by atoms with Crippen LogP contribution in [0.5, 0.6) is 0 Å². The first kappa shape index (κ1) is 18.2. The second-order valence-electron chi connectivity index (χ2n) is 5.46. The molecule has 9 heteroatoms. The Morgan fingerprint density at radius 2 is 2.13 bits per heavy atom. The van der Waals surface area contributed by atoms with E-state index < -0.39 is 26.5 Å². The lowest BCUT2D eigenvalue weighted by Gasteiger charge is -2.17. The van der Waals surface area contributed by atoms with Crippen LogP contribution in [0.1, 0.15) is 11.1 Å². The summed E-state index contributed by atoms with van der Waals surface area (Å²) in [6, 6.07) is 3.27. The highest BCUT2D eigenvalue weighted by Gasteiger charge is 2.36.